The molecule has 0 aliphatic rings. The number of aryl methyl sites for hydroxylation is 3. The van der Waals surface area contributed by atoms with Gasteiger partial charge in [0.15, 0.2) is 11.6 Å². The van der Waals surface area contributed by atoms with Crippen molar-refractivity contribution in [1.29, 1.82) is 5.26 Å². The fourth-order valence-corrected chi connectivity index (χ4v) is 5.68. The Hall–Kier alpha value is -5.93. The van der Waals surface area contributed by atoms with Crippen molar-refractivity contribution in [1.82, 2.24) is 19.7 Å². The Morgan fingerprint density at radius 2 is 1.49 bits per heavy atom. The first kappa shape index (κ1) is 29.2. The minimum Gasteiger partial charge on any atom is -0.365 e. The van der Waals surface area contributed by atoms with E-state index in [0.717, 1.165) is 32.7 Å². The first-order chi connectivity index (χ1) is 21.7. The summed E-state index contributed by atoms with van der Waals surface area (Å²) in [7, 11) is 0. The predicted octanol–water partition coefficient (Wildman–Crippen LogP) is 7.98. The summed E-state index contributed by atoms with van der Waals surface area (Å²) in [4.78, 5) is 22.3. The van der Waals surface area contributed by atoms with Crippen molar-refractivity contribution < 1.29 is 4.79 Å². The van der Waals surface area contributed by atoms with Crippen LogP contribution in [0.2, 0.25) is 0 Å². The molecule has 0 saturated heterocycles. The molecule has 3 aromatic heterocycles. The van der Waals surface area contributed by atoms with E-state index in [0.29, 0.717) is 22.2 Å². The number of hydrogen-bond donors (Lipinski definition) is 3. The highest BCUT2D eigenvalue weighted by Crippen LogP contribution is 2.39. The van der Waals surface area contributed by atoms with E-state index in [1.54, 1.807) is 13.8 Å². The van der Waals surface area contributed by atoms with Crippen LogP contribution in [-0.4, -0.2) is 25.7 Å². The molecule has 0 fully saturated rings. The van der Waals surface area contributed by atoms with Gasteiger partial charge in [0.2, 0.25) is 5.13 Å². The minimum absolute atomic E-state index is 0.162. The quantitative estimate of drug-likeness (QED) is 0.147. The van der Waals surface area contributed by atoms with Crippen LogP contribution in [0.4, 0.5) is 34.5 Å². The van der Waals surface area contributed by atoms with Gasteiger partial charge in [-0.3, -0.25) is 4.79 Å². The zero-order valence-corrected chi connectivity index (χ0v) is 25.8. The summed E-state index contributed by atoms with van der Waals surface area (Å²) in [5, 5.41) is 30.8. The number of rotatable bonds is 8. The Morgan fingerprint density at radius 3 is 2.09 bits per heavy atom. The molecule has 6 rings (SSSR count). The monoisotopic (exact) mass is 612 g/mol. The largest absolute Gasteiger partial charge is 0.365 e. The number of amides is 1. The van der Waals surface area contributed by atoms with Gasteiger partial charge in [0.1, 0.15) is 23.1 Å². The molecule has 0 atom stereocenters. The van der Waals surface area contributed by atoms with Crippen molar-refractivity contribution in [2.75, 3.05) is 10.6 Å². The first-order valence-corrected chi connectivity index (χ1v) is 14.8. The van der Waals surface area contributed by atoms with Crippen LogP contribution in [0.25, 0.3) is 15.3 Å². The maximum Gasteiger partial charge on any atom is 0.252 e. The van der Waals surface area contributed by atoms with Crippen LogP contribution >= 0.6 is 11.3 Å². The molecule has 12 heteroatoms. The lowest BCUT2D eigenvalue weighted by molar-refractivity contribution is 0.100. The van der Waals surface area contributed by atoms with E-state index in [1.165, 1.54) is 16.0 Å². The zero-order chi connectivity index (χ0) is 31.7. The molecule has 3 heterocycles. The second-order valence-electron chi connectivity index (χ2n) is 10.5. The maximum atomic E-state index is 12.8. The number of nitriles is 1. The van der Waals surface area contributed by atoms with E-state index in [-0.39, 0.29) is 28.5 Å². The number of para-hydroxylation sites is 1. The van der Waals surface area contributed by atoms with Crippen molar-refractivity contribution in [3.8, 4) is 11.2 Å². The topological polar surface area (TPSA) is 159 Å². The van der Waals surface area contributed by atoms with Gasteiger partial charge in [-0.2, -0.15) is 15.0 Å². The number of nitrogens with two attached hydrogens (primary N) is 1. The molecular weight excluding hydrogens is 584 g/mol. The molecule has 0 bridgehead atoms. The van der Waals surface area contributed by atoms with Crippen molar-refractivity contribution in [3.63, 3.8) is 0 Å². The van der Waals surface area contributed by atoms with Gasteiger partial charge in [-0.25, -0.2) is 9.97 Å². The van der Waals surface area contributed by atoms with E-state index in [1.807, 2.05) is 86.6 Å². The highest BCUT2D eigenvalue weighted by Gasteiger charge is 2.23. The summed E-state index contributed by atoms with van der Waals surface area (Å²) in [6, 6.07) is 25.4. The van der Waals surface area contributed by atoms with Crippen molar-refractivity contribution in [2.24, 2.45) is 16.0 Å². The number of azo groups is 1. The summed E-state index contributed by atoms with van der Waals surface area (Å²) in [5.41, 5.74) is 12.0. The van der Waals surface area contributed by atoms with Crippen molar-refractivity contribution in [2.45, 2.75) is 27.7 Å². The second kappa shape index (κ2) is 12.0. The number of nitrogens with zero attached hydrogens (tertiary/aromatic N) is 7. The molecule has 0 aliphatic carbocycles. The number of pyridine rings is 1. The highest BCUT2D eigenvalue weighted by molar-refractivity contribution is 7.20. The molecule has 0 spiro atoms. The van der Waals surface area contributed by atoms with E-state index < -0.39 is 5.91 Å². The molecule has 11 nitrogen and oxygen atoms in total. The van der Waals surface area contributed by atoms with E-state index in [4.69, 9.17) is 15.7 Å². The molecule has 1 amide bonds. The number of fused-ring (bicyclic) bond motifs is 1. The van der Waals surface area contributed by atoms with Crippen LogP contribution < -0.4 is 16.4 Å². The standard InChI is InChI=1S/C33H28N10OS/c1-18-9-13-22(14-10-18)36-30-27(29(35)44)20(3)28(31(39-30)37-23-15-11-19(2)12-16-23)40-41-32-24(17-34)21(4)42-43(32)33-38-25-7-5-6-8-26(25)45-33/h5-16H,1-4H3,(H2,35,44)(H2,36,37,39). The van der Waals surface area contributed by atoms with Crippen LogP contribution in [0, 0.1) is 39.0 Å². The number of anilines is 4. The molecule has 6 aromatic rings. The van der Waals surface area contributed by atoms with Gasteiger partial charge in [0, 0.05) is 11.4 Å². The average Bonchev–Trinajstić information content (AvgIpc) is 3.59. The fraction of sp³-hybridized carbons (Fsp3) is 0.121. The third-order valence-electron chi connectivity index (χ3n) is 7.15. The predicted molar refractivity (Wildman–Crippen MR) is 177 cm³/mol. The van der Waals surface area contributed by atoms with Crippen LogP contribution in [-0.2, 0) is 0 Å². The van der Waals surface area contributed by atoms with Crippen LogP contribution in [0.3, 0.4) is 0 Å². The van der Waals surface area contributed by atoms with E-state index in [2.05, 4.69) is 32.0 Å². The molecular formula is C33H28N10OS. The van der Waals surface area contributed by atoms with Crippen LogP contribution in [0.1, 0.15) is 38.3 Å². The number of benzene rings is 3. The number of carbonyl (C=O) groups is 1. The van der Waals surface area contributed by atoms with Gasteiger partial charge in [-0.15, -0.1) is 10.2 Å². The second-order valence-corrected chi connectivity index (χ2v) is 11.5. The molecule has 0 unspecified atom stereocenters. The number of carbonyl (C=O) groups excluding carboxylic acids is 1. The van der Waals surface area contributed by atoms with Gasteiger partial charge >= 0.3 is 0 Å². The van der Waals surface area contributed by atoms with Gasteiger partial charge in [0.25, 0.3) is 5.91 Å². The average molecular weight is 613 g/mol. The Morgan fingerprint density at radius 1 is 0.867 bits per heavy atom. The summed E-state index contributed by atoms with van der Waals surface area (Å²) in [5.74, 6) is 0.129. The number of aromatic nitrogens is 4. The number of hydrogen-bond acceptors (Lipinski definition) is 10. The van der Waals surface area contributed by atoms with Crippen molar-refractivity contribution in [3.05, 3.63) is 106 Å². The van der Waals surface area contributed by atoms with Crippen LogP contribution in [0.15, 0.2) is 83.0 Å². The zero-order valence-electron chi connectivity index (χ0n) is 25.0. The van der Waals surface area contributed by atoms with Crippen molar-refractivity contribution >= 4 is 62.0 Å². The lowest BCUT2D eigenvalue weighted by Crippen LogP contribution is -2.17. The SMILES string of the molecule is Cc1ccc(Nc2nc(Nc3ccc(C)cc3)c(C(N)=O)c(C)c2N=Nc2c(C#N)c(C)nn2-c2nc3ccccc3s2)cc1. The third-order valence-corrected chi connectivity index (χ3v) is 8.16. The molecule has 0 saturated carbocycles. The third kappa shape index (κ3) is 5.84. The summed E-state index contributed by atoms with van der Waals surface area (Å²) in [6.45, 7) is 7.46. The normalized spacial score (nSPS) is 11.2. The van der Waals surface area contributed by atoms with E-state index >= 15 is 0 Å². The molecule has 0 radical (unpaired) electrons. The fourth-order valence-electron chi connectivity index (χ4n) is 4.76. The number of primary amides is 1. The Kier molecular flexibility index (Phi) is 7.76. The lowest BCUT2D eigenvalue weighted by atomic mass is 10.1. The molecule has 4 N–H and O–H groups in total. The smallest absolute Gasteiger partial charge is 0.252 e. The number of nitrogens with one attached hydrogen (secondary N) is 2. The Balaban J connectivity index is 1.51. The molecule has 0 aliphatic heterocycles. The summed E-state index contributed by atoms with van der Waals surface area (Å²) < 4.78 is 2.48. The Labute approximate surface area is 263 Å². The highest BCUT2D eigenvalue weighted by atomic mass is 32.1. The lowest BCUT2D eigenvalue weighted by Gasteiger charge is -2.17. The molecule has 3 aromatic carbocycles. The summed E-state index contributed by atoms with van der Waals surface area (Å²) in [6.07, 6.45) is 0. The first-order valence-electron chi connectivity index (χ1n) is 14.0. The summed E-state index contributed by atoms with van der Waals surface area (Å²) >= 11 is 1.42. The maximum absolute atomic E-state index is 12.8. The molecule has 45 heavy (non-hydrogen) atoms. The van der Waals surface area contributed by atoms with E-state index in [9.17, 15) is 10.1 Å². The minimum atomic E-state index is -0.680. The Bertz CT molecular complexity index is 2110. The van der Waals surface area contributed by atoms with Gasteiger partial charge in [-0.1, -0.05) is 58.9 Å². The van der Waals surface area contributed by atoms with Gasteiger partial charge in [-0.05, 0) is 69.7 Å². The van der Waals surface area contributed by atoms with Gasteiger partial charge in [0.05, 0.1) is 21.5 Å². The van der Waals surface area contributed by atoms with Crippen LogP contribution in [0.5, 0.6) is 0 Å². The van der Waals surface area contributed by atoms with Gasteiger partial charge < -0.3 is 16.4 Å². The molecule has 222 valence electrons. The number of thiazole rings is 1.